The highest BCUT2D eigenvalue weighted by molar-refractivity contribution is 5.98. The molecule has 4 heteroatoms. The van der Waals surface area contributed by atoms with Crippen molar-refractivity contribution in [1.82, 2.24) is 4.90 Å². The average molecular weight is 352 g/mol. The Morgan fingerprint density at radius 3 is 2.23 bits per heavy atom. The van der Waals surface area contributed by atoms with Crippen molar-refractivity contribution in [2.24, 2.45) is 0 Å². The molecule has 0 aromatic heterocycles. The molecular weight excluding hydrogens is 324 g/mol. The summed E-state index contributed by atoms with van der Waals surface area (Å²) in [5.74, 6) is -0.157. The Morgan fingerprint density at radius 1 is 0.962 bits per heavy atom. The fraction of sp³-hybridized carbons (Fsp3) is 0.364. The minimum Gasteiger partial charge on any atom is -0.337 e. The summed E-state index contributed by atoms with van der Waals surface area (Å²) in [5, 5.41) is 0. The van der Waals surface area contributed by atoms with Crippen LogP contribution in [-0.4, -0.2) is 29.8 Å². The van der Waals surface area contributed by atoms with Crippen molar-refractivity contribution in [3.63, 3.8) is 0 Å². The van der Waals surface area contributed by atoms with Gasteiger partial charge in [-0.05, 0) is 37.0 Å². The minimum atomic E-state index is -0.113. The Balaban J connectivity index is 2.24. The number of anilines is 1. The molecule has 138 valence electrons. The highest BCUT2D eigenvalue weighted by Gasteiger charge is 2.22. The summed E-state index contributed by atoms with van der Waals surface area (Å²) >= 11 is 0. The van der Waals surface area contributed by atoms with E-state index in [9.17, 15) is 9.59 Å². The summed E-state index contributed by atoms with van der Waals surface area (Å²) < 4.78 is 0. The van der Waals surface area contributed by atoms with Crippen molar-refractivity contribution >= 4 is 17.5 Å². The number of likely N-dealkylation sites (N-methyl/N-ethyl adjacent to an activating group) is 1. The van der Waals surface area contributed by atoms with E-state index in [-0.39, 0.29) is 18.4 Å². The van der Waals surface area contributed by atoms with Gasteiger partial charge >= 0.3 is 0 Å². The zero-order valence-electron chi connectivity index (χ0n) is 16.2. The van der Waals surface area contributed by atoms with Gasteiger partial charge < -0.3 is 9.80 Å². The summed E-state index contributed by atoms with van der Waals surface area (Å²) in [6, 6.07) is 15.9. The highest BCUT2D eigenvalue weighted by Crippen LogP contribution is 2.26. The van der Waals surface area contributed by atoms with E-state index in [1.807, 2.05) is 62.4 Å². The summed E-state index contributed by atoms with van der Waals surface area (Å²) in [6.45, 7) is 8.75. The molecule has 0 saturated heterocycles. The molecule has 0 atom stereocenters. The fourth-order valence-corrected chi connectivity index (χ4v) is 3.15. The molecule has 0 saturated carbocycles. The van der Waals surface area contributed by atoms with Crippen LogP contribution < -0.4 is 4.90 Å². The lowest BCUT2D eigenvalue weighted by Gasteiger charge is -2.28. The van der Waals surface area contributed by atoms with Gasteiger partial charge in [0.25, 0.3) is 0 Å². The zero-order valence-corrected chi connectivity index (χ0v) is 16.2. The van der Waals surface area contributed by atoms with Gasteiger partial charge in [0.05, 0.1) is 5.69 Å². The standard InChI is InChI=1S/C22H28N2O2/c1-5-20-14-10-11-17(3)22(20)24(18(4)25)16-21(26)23(6-2)15-19-12-8-7-9-13-19/h7-14H,5-6,15-16H2,1-4H3. The molecule has 0 N–H and O–H groups in total. The van der Waals surface area contributed by atoms with Crippen LogP contribution in [-0.2, 0) is 22.6 Å². The van der Waals surface area contributed by atoms with E-state index in [1.165, 1.54) is 6.92 Å². The average Bonchev–Trinajstić information content (AvgIpc) is 2.64. The van der Waals surface area contributed by atoms with Crippen LogP contribution in [0.5, 0.6) is 0 Å². The Hall–Kier alpha value is -2.62. The number of hydrogen-bond acceptors (Lipinski definition) is 2. The lowest BCUT2D eigenvalue weighted by molar-refractivity contribution is -0.131. The Bertz CT molecular complexity index is 756. The van der Waals surface area contributed by atoms with Crippen molar-refractivity contribution in [1.29, 1.82) is 0 Å². The summed E-state index contributed by atoms with van der Waals surface area (Å²) in [6.07, 6.45) is 0.816. The molecule has 2 rings (SSSR count). The number of hydrogen-bond donors (Lipinski definition) is 0. The van der Waals surface area contributed by atoms with E-state index in [0.29, 0.717) is 13.1 Å². The number of benzene rings is 2. The van der Waals surface area contributed by atoms with Gasteiger partial charge in [-0.15, -0.1) is 0 Å². The van der Waals surface area contributed by atoms with Crippen molar-refractivity contribution < 1.29 is 9.59 Å². The van der Waals surface area contributed by atoms with Gasteiger partial charge in [-0.25, -0.2) is 0 Å². The summed E-state index contributed by atoms with van der Waals surface area (Å²) in [7, 11) is 0. The quantitative estimate of drug-likeness (QED) is 0.757. The first kappa shape index (κ1) is 19.7. The lowest BCUT2D eigenvalue weighted by atomic mass is 10.0. The van der Waals surface area contributed by atoms with Gasteiger partial charge in [0.2, 0.25) is 11.8 Å². The van der Waals surface area contributed by atoms with Crippen molar-refractivity contribution in [3.05, 3.63) is 65.2 Å². The zero-order chi connectivity index (χ0) is 19.1. The third-order valence-corrected chi connectivity index (χ3v) is 4.60. The van der Waals surface area contributed by atoms with Gasteiger partial charge in [-0.1, -0.05) is 55.5 Å². The highest BCUT2D eigenvalue weighted by atomic mass is 16.2. The van der Waals surface area contributed by atoms with Crippen molar-refractivity contribution in [3.8, 4) is 0 Å². The predicted octanol–water partition coefficient (Wildman–Crippen LogP) is 3.96. The minimum absolute atomic E-state index is 0.0446. The second kappa shape index (κ2) is 9.18. The first-order chi connectivity index (χ1) is 12.5. The molecule has 2 amide bonds. The predicted molar refractivity (Wildman–Crippen MR) is 106 cm³/mol. The Morgan fingerprint density at radius 2 is 1.65 bits per heavy atom. The van der Waals surface area contributed by atoms with Crippen LogP contribution in [0.3, 0.4) is 0 Å². The lowest BCUT2D eigenvalue weighted by Crippen LogP contribution is -2.42. The third-order valence-electron chi connectivity index (χ3n) is 4.60. The van der Waals surface area contributed by atoms with Crippen LogP contribution in [0.15, 0.2) is 48.5 Å². The van der Waals surface area contributed by atoms with Crippen LogP contribution in [0.25, 0.3) is 0 Å². The molecule has 0 aliphatic carbocycles. The van der Waals surface area contributed by atoms with Crippen LogP contribution in [0.2, 0.25) is 0 Å². The monoisotopic (exact) mass is 352 g/mol. The summed E-state index contributed by atoms with van der Waals surface area (Å²) in [5.41, 5.74) is 4.05. The SMILES string of the molecule is CCc1cccc(C)c1N(CC(=O)N(CC)Cc1ccccc1)C(C)=O. The fourth-order valence-electron chi connectivity index (χ4n) is 3.15. The molecular formula is C22H28N2O2. The van der Waals surface area contributed by atoms with E-state index in [0.717, 1.165) is 28.8 Å². The first-order valence-corrected chi connectivity index (χ1v) is 9.16. The second-order valence-electron chi connectivity index (χ2n) is 6.43. The molecule has 0 radical (unpaired) electrons. The molecule has 0 spiro atoms. The number of nitrogens with zero attached hydrogens (tertiary/aromatic N) is 2. The van der Waals surface area contributed by atoms with Crippen LogP contribution in [0.4, 0.5) is 5.69 Å². The van der Waals surface area contributed by atoms with Gasteiger partial charge in [0, 0.05) is 20.0 Å². The smallest absolute Gasteiger partial charge is 0.242 e. The Labute approximate surface area is 156 Å². The molecule has 0 unspecified atom stereocenters. The number of carbonyl (C=O) groups excluding carboxylic acids is 2. The van der Waals surface area contributed by atoms with Crippen LogP contribution >= 0.6 is 0 Å². The van der Waals surface area contributed by atoms with E-state index < -0.39 is 0 Å². The van der Waals surface area contributed by atoms with Gasteiger partial charge in [-0.2, -0.15) is 0 Å². The number of aryl methyl sites for hydroxylation is 2. The van der Waals surface area contributed by atoms with Gasteiger partial charge in [0.15, 0.2) is 0 Å². The maximum absolute atomic E-state index is 12.9. The molecule has 0 aliphatic heterocycles. The van der Waals surface area contributed by atoms with Crippen LogP contribution in [0, 0.1) is 6.92 Å². The molecule has 0 fully saturated rings. The largest absolute Gasteiger partial charge is 0.337 e. The van der Waals surface area contributed by atoms with E-state index in [1.54, 1.807) is 9.80 Å². The van der Waals surface area contributed by atoms with E-state index in [2.05, 4.69) is 6.92 Å². The summed E-state index contributed by atoms with van der Waals surface area (Å²) in [4.78, 5) is 28.6. The van der Waals surface area contributed by atoms with Crippen LogP contribution in [0.1, 0.15) is 37.5 Å². The maximum Gasteiger partial charge on any atom is 0.242 e. The topological polar surface area (TPSA) is 40.6 Å². The number of para-hydroxylation sites is 1. The molecule has 0 aliphatic rings. The van der Waals surface area contributed by atoms with E-state index in [4.69, 9.17) is 0 Å². The van der Waals surface area contributed by atoms with Crippen molar-refractivity contribution in [2.75, 3.05) is 18.0 Å². The van der Waals surface area contributed by atoms with Gasteiger partial charge in [-0.3, -0.25) is 9.59 Å². The Kier molecular flexibility index (Phi) is 6.96. The normalized spacial score (nSPS) is 10.5. The molecule has 4 nitrogen and oxygen atoms in total. The molecule has 2 aromatic carbocycles. The van der Waals surface area contributed by atoms with Crippen molar-refractivity contribution in [2.45, 2.75) is 40.7 Å². The molecule has 0 bridgehead atoms. The number of amides is 2. The van der Waals surface area contributed by atoms with Gasteiger partial charge in [0.1, 0.15) is 6.54 Å². The maximum atomic E-state index is 12.9. The molecule has 26 heavy (non-hydrogen) atoms. The number of rotatable bonds is 7. The van der Waals surface area contributed by atoms with E-state index >= 15 is 0 Å². The second-order valence-corrected chi connectivity index (χ2v) is 6.43. The molecule has 2 aromatic rings. The molecule has 0 heterocycles. The first-order valence-electron chi connectivity index (χ1n) is 9.16. The third kappa shape index (κ3) is 4.72. The number of carbonyl (C=O) groups is 2.